The van der Waals surface area contributed by atoms with Gasteiger partial charge in [-0.2, -0.15) is 0 Å². The first-order chi connectivity index (χ1) is 8.09. The summed E-state index contributed by atoms with van der Waals surface area (Å²) in [5, 5.41) is 11.5. The topological polar surface area (TPSA) is 46.4 Å². The summed E-state index contributed by atoms with van der Waals surface area (Å²) >= 11 is 5.81. The normalized spacial score (nSPS) is 20.4. The van der Waals surface area contributed by atoms with Crippen LogP contribution >= 0.6 is 11.6 Å². The molecule has 0 bridgehead atoms. The Hall–Kier alpha value is -1.29. The van der Waals surface area contributed by atoms with Crippen molar-refractivity contribution in [3.8, 4) is 0 Å². The third-order valence-corrected chi connectivity index (χ3v) is 3.48. The van der Waals surface area contributed by atoms with Crippen molar-refractivity contribution >= 4 is 23.0 Å². The van der Waals surface area contributed by atoms with Gasteiger partial charge < -0.3 is 4.90 Å². The van der Waals surface area contributed by atoms with Gasteiger partial charge >= 0.3 is 0 Å². The minimum absolute atomic E-state index is 0.103. The number of rotatable bonds is 2. The van der Waals surface area contributed by atoms with Gasteiger partial charge in [0.25, 0.3) is 5.69 Å². The lowest BCUT2D eigenvalue weighted by Crippen LogP contribution is -2.37. The molecule has 0 N–H and O–H groups in total. The third kappa shape index (κ3) is 2.52. The Morgan fingerprint density at radius 1 is 1.47 bits per heavy atom. The molecule has 0 saturated carbocycles. The highest BCUT2D eigenvalue weighted by atomic mass is 35.5. The number of nitrogens with zero attached hydrogens (tertiary/aromatic N) is 2. The lowest BCUT2D eigenvalue weighted by Gasteiger charge is -2.34. The predicted molar refractivity (Wildman–Crippen MR) is 68.8 cm³/mol. The molecule has 5 heteroatoms. The maximum atomic E-state index is 11.0. The van der Waals surface area contributed by atoms with Gasteiger partial charge in [-0.1, -0.05) is 11.6 Å². The SMILES string of the molecule is C[C@@H]1CCCCN1c1ccc(Cl)cc1[N+](=O)[O-]. The van der Waals surface area contributed by atoms with Crippen LogP contribution in [0.3, 0.4) is 0 Å². The van der Waals surface area contributed by atoms with Crippen LogP contribution in [0.4, 0.5) is 11.4 Å². The van der Waals surface area contributed by atoms with Crippen molar-refractivity contribution in [1.29, 1.82) is 0 Å². The summed E-state index contributed by atoms with van der Waals surface area (Å²) in [5.41, 5.74) is 0.790. The van der Waals surface area contributed by atoms with Crippen LogP contribution in [0, 0.1) is 10.1 Å². The van der Waals surface area contributed by atoms with Crippen molar-refractivity contribution in [2.75, 3.05) is 11.4 Å². The molecule has 0 radical (unpaired) electrons. The van der Waals surface area contributed by atoms with E-state index in [4.69, 9.17) is 11.6 Å². The quantitative estimate of drug-likeness (QED) is 0.598. The first kappa shape index (κ1) is 12.2. The van der Waals surface area contributed by atoms with Crippen molar-refractivity contribution in [2.24, 2.45) is 0 Å². The maximum Gasteiger partial charge on any atom is 0.294 e. The molecule has 1 heterocycles. The summed E-state index contributed by atoms with van der Waals surface area (Å²) in [6, 6.07) is 5.25. The fourth-order valence-electron chi connectivity index (χ4n) is 2.34. The number of benzene rings is 1. The van der Waals surface area contributed by atoms with Crippen LogP contribution in [-0.4, -0.2) is 17.5 Å². The first-order valence-electron chi connectivity index (χ1n) is 5.80. The van der Waals surface area contributed by atoms with Crippen LogP contribution < -0.4 is 4.90 Å². The fourth-order valence-corrected chi connectivity index (χ4v) is 2.51. The standard InChI is InChI=1S/C12H15ClN2O2/c1-9-4-2-3-7-14(9)11-6-5-10(13)8-12(11)15(16)17/h5-6,8-9H,2-4,7H2,1H3/t9-/m1/s1. The summed E-state index contributed by atoms with van der Waals surface area (Å²) in [7, 11) is 0. The molecule has 2 rings (SSSR count). The number of halogens is 1. The highest BCUT2D eigenvalue weighted by Gasteiger charge is 2.25. The molecule has 0 spiro atoms. The van der Waals surface area contributed by atoms with Gasteiger partial charge in [0, 0.05) is 23.7 Å². The Balaban J connectivity index is 2.39. The molecule has 0 amide bonds. The second-order valence-electron chi connectivity index (χ2n) is 4.43. The second kappa shape index (κ2) is 4.92. The van der Waals surface area contributed by atoms with Gasteiger partial charge in [-0.15, -0.1) is 0 Å². The molecule has 1 aromatic rings. The van der Waals surface area contributed by atoms with Crippen molar-refractivity contribution < 1.29 is 4.92 Å². The van der Waals surface area contributed by atoms with Gasteiger partial charge in [0.1, 0.15) is 5.69 Å². The molecule has 1 saturated heterocycles. The number of nitro benzene ring substituents is 1. The molecule has 1 aromatic carbocycles. The van der Waals surface area contributed by atoms with Crippen LogP contribution in [0.1, 0.15) is 26.2 Å². The molecule has 0 unspecified atom stereocenters. The lowest BCUT2D eigenvalue weighted by atomic mass is 10.0. The predicted octanol–water partition coefficient (Wildman–Crippen LogP) is 3.63. The van der Waals surface area contributed by atoms with Crippen LogP contribution in [0.25, 0.3) is 0 Å². The molecular weight excluding hydrogens is 240 g/mol. The molecule has 0 aliphatic carbocycles. The van der Waals surface area contributed by atoms with E-state index in [0.29, 0.717) is 16.8 Å². The summed E-state index contributed by atoms with van der Waals surface area (Å²) < 4.78 is 0. The maximum absolute atomic E-state index is 11.0. The molecular formula is C12H15ClN2O2. The minimum Gasteiger partial charge on any atom is -0.363 e. The number of anilines is 1. The molecule has 1 fully saturated rings. The summed E-state index contributed by atoms with van der Waals surface area (Å²) in [6.07, 6.45) is 3.36. The number of hydrogen-bond donors (Lipinski definition) is 0. The Morgan fingerprint density at radius 3 is 2.88 bits per heavy atom. The summed E-state index contributed by atoms with van der Waals surface area (Å²) in [5.74, 6) is 0. The summed E-state index contributed by atoms with van der Waals surface area (Å²) in [4.78, 5) is 12.8. The third-order valence-electron chi connectivity index (χ3n) is 3.25. The molecule has 1 aliphatic heterocycles. The first-order valence-corrected chi connectivity index (χ1v) is 6.18. The van der Waals surface area contributed by atoms with Gasteiger partial charge in [0.15, 0.2) is 0 Å². The van der Waals surface area contributed by atoms with Gasteiger partial charge in [-0.05, 0) is 38.3 Å². The van der Waals surface area contributed by atoms with E-state index in [2.05, 4.69) is 11.8 Å². The zero-order valence-corrected chi connectivity index (χ0v) is 10.5. The Labute approximate surface area is 105 Å². The lowest BCUT2D eigenvalue weighted by molar-refractivity contribution is -0.384. The zero-order valence-electron chi connectivity index (χ0n) is 9.73. The smallest absolute Gasteiger partial charge is 0.294 e. The molecule has 17 heavy (non-hydrogen) atoms. The average molecular weight is 255 g/mol. The van der Waals surface area contributed by atoms with E-state index in [1.165, 1.54) is 12.5 Å². The van der Waals surface area contributed by atoms with Crippen molar-refractivity contribution in [3.05, 3.63) is 33.3 Å². The highest BCUT2D eigenvalue weighted by Crippen LogP contribution is 2.34. The molecule has 1 atom stereocenters. The number of nitro groups is 1. The van der Waals surface area contributed by atoms with Gasteiger partial charge in [0.05, 0.1) is 4.92 Å². The average Bonchev–Trinajstić information content (AvgIpc) is 2.30. The molecule has 0 aromatic heterocycles. The van der Waals surface area contributed by atoms with Gasteiger partial charge in [0.2, 0.25) is 0 Å². The Kier molecular flexibility index (Phi) is 3.52. The Morgan fingerprint density at radius 2 is 2.24 bits per heavy atom. The molecule has 4 nitrogen and oxygen atoms in total. The van der Waals surface area contributed by atoms with Crippen LogP contribution in [-0.2, 0) is 0 Å². The Bertz CT molecular complexity index is 437. The van der Waals surface area contributed by atoms with E-state index in [-0.39, 0.29) is 10.6 Å². The van der Waals surface area contributed by atoms with E-state index in [1.807, 2.05) is 0 Å². The fraction of sp³-hybridized carbons (Fsp3) is 0.500. The van der Waals surface area contributed by atoms with Gasteiger partial charge in [-0.3, -0.25) is 10.1 Å². The van der Waals surface area contributed by atoms with Crippen LogP contribution in [0.5, 0.6) is 0 Å². The summed E-state index contributed by atoms with van der Waals surface area (Å²) in [6.45, 7) is 2.99. The highest BCUT2D eigenvalue weighted by molar-refractivity contribution is 6.30. The second-order valence-corrected chi connectivity index (χ2v) is 4.86. The van der Waals surface area contributed by atoms with E-state index >= 15 is 0 Å². The van der Waals surface area contributed by atoms with E-state index in [9.17, 15) is 10.1 Å². The monoisotopic (exact) mass is 254 g/mol. The zero-order chi connectivity index (χ0) is 12.4. The number of hydrogen-bond acceptors (Lipinski definition) is 3. The minimum atomic E-state index is -0.359. The van der Waals surface area contributed by atoms with Crippen LogP contribution in [0.2, 0.25) is 5.02 Å². The number of piperidine rings is 1. The van der Waals surface area contributed by atoms with E-state index in [1.54, 1.807) is 12.1 Å². The van der Waals surface area contributed by atoms with Crippen molar-refractivity contribution in [2.45, 2.75) is 32.2 Å². The largest absolute Gasteiger partial charge is 0.363 e. The van der Waals surface area contributed by atoms with Crippen LogP contribution in [0.15, 0.2) is 18.2 Å². The van der Waals surface area contributed by atoms with E-state index in [0.717, 1.165) is 19.4 Å². The van der Waals surface area contributed by atoms with E-state index < -0.39 is 0 Å². The van der Waals surface area contributed by atoms with Crippen molar-refractivity contribution in [1.82, 2.24) is 0 Å². The molecule has 1 aliphatic rings. The van der Waals surface area contributed by atoms with Crippen molar-refractivity contribution in [3.63, 3.8) is 0 Å². The molecule has 92 valence electrons. The van der Waals surface area contributed by atoms with Gasteiger partial charge in [-0.25, -0.2) is 0 Å².